The van der Waals surface area contributed by atoms with Gasteiger partial charge in [0.25, 0.3) is 0 Å². The van der Waals surface area contributed by atoms with Crippen LogP contribution in [0.15, 0.2) is 0 Å². The Hall–Kier alpha value is -0.840. The Kier molecular flexibility index (Phi) is 4.99. The molecule has 16 heavy (non-hydrogen) atoms. The zero-order valence-corrected chi connectivity index (χ0v) is 11.5. The second-order valence-electron chi connectivity index (χ2n) is 4.13. The van der Waals surface area contributed by atoms with Crippen LogP contribution in [-0.4, -0.2) is 27.9 Å². The topological polar surface area (TPSA) is 36.9 Å². The lowest BCUT2D eigenvalue weighted by Crippen LogP contribution is -2.30. The first kappa shape index (κ1) is 13.2. The van der Waals surface area contributed by atoms with E-state index in [0.29, 0.717) is 10.7 Å². The molecule has 0 radical (unpaired) electrons. The molecule has 0 saturated carbocycles. The summed E-state index contributed by atoms with van der Waals surface area (Å²) in [6, 6.07) is 0. The minimum Gasteiger partial charge on any atom is -0.341 e. The minimum absolute atomic E-state index is 0.676. The van der Waals surface area contributed by atoms with Gasteiger partial charge in [-0.25, -0.2) is 5.10 Å². The molecule has 5 heteroatoms. The molecule has 4 nitrogen and oxygen atoms in total. The molecule has 0 aliphatic heterocycles. The van der Waals surface area contributed by atoms with Crippen molar-refractivity contribution in [3.05, 3.63) is 4.77 Å². The van der Waals surface area contributed by atoms with Gasteiger partial charge in [0.15, 0.2) is 4.77 Å². The molecule has 92 valence electrons. The van der Waals surface area contributed by atoms with Crippen LogP contribution in [0.3, 0.4) is 0 Å². The van der Waals surface area contributed by atoms with E-state index < -0.39 is 0 Å². The number of rotatable bonds is 6. The summed E-state index contributed by atoms with van der Waals surface area (Å²) in [6.45, 7) is 11.6. The molecule has 0 fully saturated rings. The highest BCUT2D eigenvalue weighted by atomic mass is 32.1. The lowest BCUT2D eigenvalue weighted by atomic mass is 10.1. The second kappa shape index (κ2) is 6.03. The van der Waals surface area contributed by atoms with Gasteiger partial charge in [0.2, 0.25) is 5.95 Å². The van der Waals surface area contributed by atoms with E-state index in [2.05, 4.69) is 42.8 Å². The van der Waals surface area contributed by atoms with Crippen molar-refractivity contribution >= 4 is 18.2 Å². The summed E-state index contributed by atoms with van der Waals surface area (Å²) in [6.07, 6.45) is 1.19. The van der Waals surface area contributed by atoms with Crippen LogP contribution in [0.5, 0.6) is 0 Å². The second-order valence-corrected chi connectivity index (χ2v) is 4.51. The van der Waals surface area contributed by atoms with Crippen molar-refractivity contribution < 1.29 is 0 Å². The maximum atomic E-state index is 5.20. The summed E-state index contributed by atoms with van der Waals surface area (Å²) in [7, 11) is 0. The average molecular weight is 242 g/mol. The maximum absolute atomic E-state index is 5.20. The van der Waals surface area contributed by atoms with Crippen molar-refractivity contribution in [2.24, 2.45) is 5.92 Å². The fraction of sp³-hybridized carbons (Fsp3) is 0.818. The zero-order chi connectivity index (χ0) is 12.1. The van der Waals surface area contributed by atoms with E-state index in [0.717, 1.165) is 25.6 Å². The summed E-state index contributed by atoms with van der Waals surface area (Å²) in [5.41, 5.74) is 0. The first-order valence-electron chi connectivity index (χ1n) is 6.04. The summed E-state index contributed by atoms with van der Waals surface area (Å²) >= 11 is 5.20. The number of H-pyrrole nitrogens is 1. The van der Waals surface area contributed by atoms with Crippen molar-refractivity contribution in [1.82, 2.24) is 14.8 Å². The van der Waals surface area contributed by atoms with Crippen LogP contribution in [0.1, 0.15) is 34.1 Å². The van der Waals surface area contributed by atoms with Crippen LogP contribution in [-0.2, 0) is 6.54 Å². The average Bonchev–Trinajstić information content (AvgIpc) is 2.66. The Morgan fingerprint density at radius 1 is 1.44 bits per heavy atom. The SMILES string of the molecule is CCC(C)CN(CC)c1n[nH]c(=S)n1CC. The first-order chi connectivity index (χ1) is 7.63. The van der Waals surface area contributed by atoms with Crippen molar-refractivity contribution in [1.29, 1.82) is 0 Å². The standard InChI is InChI=1S/C11H22N4S/c1-5-9(4)8-14(6-2)10-12-13-11(16)15(10)7-3/h9H,5-8H2,1-4H3,(H,13,16). The van der Waals surface area contributed by atoms with E-state index in [4.69, 9.17) is 12.2 Å². The summed E-state index contributed by atoms with van der Waals surface area (Å²) in [5.74, 6) is 1.64. The molecule has 0 aliphatic carbocycles. The van der Waals surface area contributed by atoms with Crippen molar-refractivity contribution in [2.45, 2.75) is 40.7 Å². The van der Waals surface area contributed by atoms with Crippen LogP contribution < -0.4 is 4.90 Å². The Morgan fingerprint density at radius 2 is 2.12 bits per heavy atom. The number of aromatic amines is 1. The van der Waals surface area contributed by atoms with E-state index in [1.54, 1.807) is 0 Å². The fourth-order valence-corrected chi connectivity index (χ4v) is 1.95. The molecule has 1 atom stereocenters. The summed E-state index contributed by atoms with van der Waals surface area (Å²) in [5, 5.41) is 7.19. The molecular formula is C11H22N4S. The normalized spacial score (nSPS) is 12.8. The van der Waals surface area contributed by atoms with Crippen LogP contribution >= 0.6 is 12.2 Å². The van der Waals surface area contributed by atoms with Gasteiger partial charge in [-0.3, -0.25) is 4.57 Å². The quantitative estimate of drug-likeness (QED) is 0.779. The predicted octanol–water partition coefficient (Wildman–Crippen LogP) is 2.83. The first-order valence-corrected chi connectivity index (χ1v) is 6.44. The van der Waals surface area contributed by atoms with Gasteiger partial charge in [-0.15, -0.1) is 5.10 Å². The van der Waals surface area contributed by atoms with Crippen molar-refractivity contribution in [3.8, 4) is 0 Å². The Balaban J connectivity index is 2.90. The zero-order valence-electron chi connectivity index (χ0n) is 10.7. The van der Waals surface area contributed by atoms with Crippen molar-refractivity contribution in [3.63, 3.8) is 0 Å². The fourth-order valence-electron chi connectivity index (χ4n) is 1.69. The van der Waals surface area contributed by atoms with Gasteiger partial charge < -0.3 is 4.90 Å². The maximum Gasteiger partial charge on any atom is 0.225 e. The number of hydrogen-bond donors (Lipinski definition) is 1. The van der Waals surface area contributed by atoms with Crippen LogP contribution in [0.4, 0.5) is 5.95 Å². The third-order valence-electron chi connectivity index (χ3n) is 2.95. The molecule has 1 rings (SSSR count). The lowest BCUT2D eigenvalue weighted by Gasteiger charge is -2.24. The Labute approximate surface area is 103 Å². The van der Waals surface area contributed by atoms with Crippen LogP contribution in [0.25, 0.3) is 0 Å². The Morgan fingerprint density at radius 3 is 2.62 bits per heavy atom. The van der Waals surface area contributed by atoms with Gasteiger partial charge in [0.1, 0.15) is 0 Å². The smallest absolute Gasteiger partial charge is 0.225 e. The van der Waals surface area contributed by atoms with E-state index in [9.17, 15) is 0 Å². The van der Waals surface area contributed by atoms with E-state index in [-0.39, 0.29) is 0 Å². The number of nitrogens with one attached hydrogen (secondary N) is 1. The van der Waals surface area contributed by atoms with Crippen molar-refractivity contribution in [2.75, 3.05) is 18.0 Å². The molecule has 0 amide bonds. The van der Waals surface area contributed by atoms with E-state index in [1.807, 2.05) is 4.57 Å². The molecule has 0 saturated heterocycles. The molecule has 1 N–H and O–H groups in total. The van der Waals surface area contributed by atoms with Gasteiger partial charge in [-0.1, -0.05) is 20.3 Å². The molecule has 1 heterocycles. The molecule has 0 aliphatic rings. The molecule has 0 spiro atoms. The number of anilines is 1. The molecule has 1 unspecified atom stereocenters. The van der Waals surface area contributed by atoms with Gasteiger partial charge in [0.05, 0.1) is 0 Å². The van der Waals surface area contributed by atoms with Crippen LogP contribution in [0.2, 0.25) is 0 Å². The highest BCUT2D eigenvalue weighted by Gasteiger charge is 2.14. The van der Waals surface area contributed by atoms with Crippen LogP contribution in [0, 0.1) is 10.7 Å². The predicted molar refractivity (Wildman–Crippen MR) is 70.4 cm³/mol. The number of hydrogen-bond acceptors (Lipinski definition) is 3. The highest BCUT2D eigenvalue weighted by Crippen LogP contribution is 2.14. The highest BCUT2D eigenvalue weighted by molar-refractivity contribution is 7.71. The molecule has 0 aromatic carbocycles. The number of nitrogens with zero attached hydrogens (tertiary/aromatic N) is 3. The molecule has 1 aromatic heterocycles. The molecule has 0 bridgehead atoms. The lowest BCUT2D eigenvalue weighted by molar-refractivity contribution is 0.535. The molecule has 1 aromatic rings. The Bertz CT molecular complexity index is 368. The largest absolute Gasteiger partial charge is 0.341 e. The van der Waals surface area contributed by atoms with Gasteiger partial charge in [0, 0.05) is 19.6 Å². The third-order valence-corrected chi connectivity index (χ3v) is 3.26. The van der Waals surface area contributed by atoms with Gasteiger partial charge in [-0.05, 0) is 32.0 Å². The van der Waals surface area contributed by atoms with Gasteiger partial charge in [-0.2, -0.15) is 0 Å². The minimum atomic E-state index is 0.676. The third kappa shape index (κ3) is 2.84. The number of aromatic nitrogens is 3. The summed E-state index contributed by atoms with van der Waals surface area (Å²) < 4.78 is 2.75. The molecular weight excluding hydrogens is 220 g/mol. The van der Waals surface area contributed by atoms with E-state index in [1.165, 1.54) is 6.42 Å². The monoisotopic (exact) mass is 242 g/mol. The van der Waals surface area contributed by atoms with Gasteiger partial charge >= 0.3 is 0 Å². The van der Waals surface area contributed by atoms with E-state index >= 15 is 0 Å². The summed E-state index contributed by atoms with van der Waals surface area (Å²) in [4.78, 5) is 2.28.